The first kappa shape index (κ1) is 17.4. The largest absolute Gasteiger partial charge is 0.378 e. The van der Waals surface area contributed by atoms with Crippen molar-refractivity contribution < 1.29 is 14.3 Å². The first-order valence-electron chi connectivity index (χ1n) is 7.94. The maximum absolute atomic E-state index is 11.7. The van der Waals surface area contributed by atoms with Crippen LogP contribution < -0.4 is 5.32 Å². The highest BCUT2D eigenvalue weighted by molar-refractivity contribution is 5.76. The van der Waals surface area contributed by atoms with Gasteiger partial charge in [-0.2, -0.15) is 0 Å². The van der Waals surface area contributed by atoms with Crippen LogP contribution in [0.2, 0.25) is 0 Å². The number of hydrogen-bond acceptors (Lipinski definition) is 4. The van der Waals surface area contributed by atoms with Crippen molar-refractivity contribution in [3.8, 4) is 0 Å². The first-order chi connectivity index (χ1) is 9.76. The van der Waals surface area contributed by atoms with Crippen LogP contribution in [0.25, 0.3) is 0 Å². The zero-order valence-electron chi connectivity index (χ0n) is 13.0. The van der Waals surface area contributed by atoms with Crippen LogP contribution in [-0.2, 0) is 14.3 Å². The molecule has 1 fully saturated rings. The summed E-state index contributed by atoms with van der Waals surface area (Å²) in [5, 5.41) is 2.89. The van der Waals surface area contributed by atoms with Gasteiger partial charge in [0.1, 0.15) is 0 Å². The maximum atomic E-state index is 11.7. The van der Waals surface area contributed by atoms with Gasteiger partial charge in [0, 0.05) is 19.7 Å². The van der Waals surface area contributed by atoms with Crippen molar-refractivity contribution >= 4 is 5.91 Å². The summed E-state index contributed by atoms with van der Waals surface area (Å²) in [7, 11) is 0. The molecule has 1 heterocycles. The van der Waals surface area contributed by atoms with Crippen molar-refractivity contribution in [3.05, 3.63) is 0 Å². The number of nitrogens with one attached hydrogen (secondary N) is 1. The van der Waals surface area contributed by atoms with E-state index in [2.05, 4.69) is 24.1 Å². The first-order valence-corrected chi connectivity index (χ1v) is 7.94. The Morgan fingerprint density at radius 2 is 2.10 bits per heavy atom. The lowest BCUT2D eigenvalue weighted by Gasteiger charge is -2.22. The zero-order chi connectivity index (χ0) is 14.6. The lowest BCUT2D eigenvalue weighted by Crippen LogP contribution is -2.33. The molecule has 1 unspecified atom stereocenters. The minimum Gasteiger partial charge on any atom is -0.378 e. The second-order valence-corrected chi connectivity index (χ2v) is 5.18. The molecule has 0 radical (unpaired) electrons. The number of carbonyl (C=O) groups excluding carboxylic acids is 1. The predicted octanol–water partition coefficient (Wildman–Crippen LogP) is 1.42. The highest BCUT2D eigenvalue weighted by atomic mass is 16.5. The Morgan fingerprint density at radius 3 is 2.75 bits per heavy atom. The van der Waals surface area contributed by atoms with Crippen molar-refractivity contribution in [3.63, 3.8) is 0 Å². The number of likely N-dealkylation sites (N-methyl/N-ethyl adjacent to an activating group) is 1. The molecule has 1 atom stereocenters. The molecule has 0 aromatic heterocycles. The summed E-state index contributed by atoms with van der Waals surface area (Å²) >= 11 is 0. The number of nitrogens with zero attached hydrogens (tertiary/aromatic N) is 1. The van der Waals surface area contributed by atoms with Crippen LogP contribution in [0.4, 0.5) is 0 Å². The molecule has 1 aliphatic rings. The predicted molar refractivity (Wildman–Crippen MR) is 79.8 cm³/mol. The zero-order valence-corrected chi connectivity index (χ0v) is 13.0. The van der Waals surface area contributed by atoms with Crippen molar-refractivity contribution in [2.45, 2.75) is 45.6 Å². The molecular weight excluding hydrogens is 256 g/mol. The van der Waals surface area contributed by atoms with Crippen LogP contribution in [0, 0.1) is 0 Å². The van der Waals surface area contributed by atoms with E-state index in [4.69, 9.17) is 9.47 Å². The van der Waals surface area contributed by atoms with Crippen LogP contribution in [0.3, 0.4) is 0 Å². The fraction of sp³-hybridized carbons (Fsp3) is 0.933. The van der Waals surface area contributed by atoms with Gasteiger partial charge >= 0.3 is 0 Å². The quantitative estimate of drug-likeness (QED) is 0.617. The number of carbonyl (C=O) groups is 1. The molecule has 1 N–H and O–H groups in total. The van der Waals surface area contributed by atoms with Gasteiger partial charge in [-0.3, -0.25) is 4.79 Å². The molecule has 1 amide bonds. The number of ether oxygens (including phenoxy) is 2. The van der Waals surface area contributed by atoms with Gasteiger partial charge in [-0.05, 0) is 32.4 Å². The third kappa shape index (κ3) is 7.82. The molecule has 5 heteroatoms. The Labute approximate surface area is 123 Å². The summed E-state index contributed by atoms with van der Waals surface area (Å²) in [6.07, 6.45) is 3.91. The summed E-state index contributed by atoms with van der Waals surface area (Å²) < 4.78 is 11.1. The summed E-state index contributed by atoms with van der Waals surface area (Å²) in [5.74, 6) is 0.0734. The van der Waals surface area contributed by atoms with Crippen molar-refractivity contribution in [1.82, 2.24) is 10.2 Å². The fourth-order valence-electron chi connectivity index (χ4n) is 2.35. The second-order valence-electron chi connectivity index (χ2n) is 5.18. The lowest BCUT2D eigenvalue weighted by atomic mass is 10.1. The van der Waals surface area contributed by atoms with E-state index in [0.717, 1.165) is 45.7 Å². The average Bonchev–Trinajstić information content (AvgIpc) is 2.47. The Kier molecular flexibility index (Phi) is 9.62. The van der Waals surface area contributed by atoms with Gasteiger partial charge in [-0.15, -0.1) is 0 Å². The average molecular weight is 286 g/mol. The number of rotatable bonds is 10. The monoisotopic (exact) mass is 286 g/mol. The highest BCUT2D eigenvalue weighted by Crippen LogP contribution is 2.15. The van der Waals surface area contributed by atoms with Gasteiger partial charge in [0.25, 0.3) is 0 Å². The van der Waals surface area contributed by atoms with E-state index in [1.165, 1.54) is 6.42 Å². The third-order valence-electron chi connectivity index (χ3n) is 3.70. The van der Waals surface area contributed by atoms with Crippen molar-refractivity contribution in [1.29, 1.82) is 0 Å². The minimum atomic E-state index is 0.0734. The summed E-state index contributed by atoms with van der Waals surface area (Å²) in [6, 6.07) is 0. The molecule has 1 saturated heterocycles. The molecule has 1 rings (SSSR count). The van der Waals surface area contributed by atoms with E-state index in [0.29, 0.717) is 19.6 Å². The second kappa shape index (κ2) is 11.1. The van der Waals surface area contributed by atoms with Crippen molar-refractivity contribution in [2.24, 2.45) is 0 Å². The summed E-state index contributed by atoms with van der Waals surface area (Å²) in [6.45, 7) is 10.1. The van der Waals surface area contributed by atoms with Gasteiger partial charge in [-0.1, -0.05) is 13.8 Å². The Bertz CT molecular complexity index is 252. The van der Waals surface area contributed by atoms with Crippen LogP contribution >= 0.6 is 0 Å². The van der Waals surface area contributed by atoms with Gasteiger partial charge in [-0.25, -0.2) is 0 Å². The molecule has 0 saturated carbocycles. The molecular formula is C15H30N2O3. The fourth-order valence-corrected chi connectivity index (χ4v) is 2.35. The van der Waals surface area contributed by atoms with Gasteiger partial charge < -0.3 is 19.7 Å². The Hall–Kier alpha value is -0.650. The van der Waals surface area contributed by atoms with Crippen LogP contribution in [0.15, 0.2) is 0 Å². The molecule has 118 valence electrons. The summed E-state index contributed by atoms with van der Waals surface area (Å²) in [4.78, 5) is 14.0. The van der Waals surface area contributed by atoms with Gasteiger partial charge in [0.05, 0.1) is 25.7 Å². The van der Waals surface area contributed by atoms with E-state index in [-0.39, 0.29) is 12.0 Å². The molecule has 20 heavy (non-hydrogen) atoms. The van der Waals surface area contributed by atoms with E-state index < -0.39 is 0 Å². The third-order valence-corrected chi connectivity index (χ3v) is 3.70. The van der Waals surface area contributed by atoms with E-state index in [1.54, 1.807) is 0 Å². The molecule has 1 aliphatic heterocycles. The van der Waals surface area contributed by atoms with Gasteiger partial charge in [0.2, 0.25) is 5.91 Å². The van der Waals surface area contributed by atoms with Crippen LogP contribution in [0.1, 0.15) is 39.5 Å². The molecule has 5 nitrogen and oxygen atoms in total. The molecule has 0 aliphatic carbocycles. The Morgan fingerprint density at radius 1 is 1.30 bits per heavy atom. The molecule has 0 bridgehead atoms. The highest BCUT2D eigenvalue weighted by Gasteiger charge is 2.17. The Balaban J connectivity index is 1.93. The van der Waals surface area contributed by atoms with E-state index in [1.807, 2.05) is 0 Å². The topological polar surface area (TPSA) is 50.8 Å². The molecule has 0 aromatic rings. The maximum Gasteiger partial charge on any atom is 0.222 e. The van der Waals surface area contributed by atoms with Crippen LogP contribution in [0.5, 0.6) is 0 Å². The normalized spacial score (nSPS) is 19.2. The lowest BCUT2D eigenvalue weighted by molar-refractivity contribution is -0.125. The van der Waals surface area contributed by atoms with Crippen LogP contribution in [-0.4, -0.2) is 62.9 Å². The van der Waals surface area contributed by atoms with E-state index >= 15 is 0 Å². The van der Waals surface area contributed by atoms with E-state index in [9.17, 15) is 4.79 Å². The minimum absolute atomic E-state index is 0.0734. The number of hydrogen-bond donors (Lipinski definition) is 1. The smallest absolute Gasteiger partial charge is 0.222 e. The molecule has 0 spiro atoms. The SMILES string of the molecule is CCN(CC)CCOCCNC(=O)CC1CCCCO1. The molecule has 0 aromatic carbocycles. The standard InChI is InChI=1S/C15H30N2O3/c1-3-17(4-2)9-12-19-11-8-16-15(18)13-14-7-5-6-10-20-14/h14H,3-13H2,1-2H3,(H,16,18). The van der Waals surface area contributed by atoms with Crippen molar-refractivity contribution in [2.75, 3.05) is 46.0 Å². The number of amides is 1. The van der Waals surface area contributed by atoms with Gasteiger partial charge in [0.15, 0.2) is 0 Å². The summed E-state index contributed by atoms with van der Waals surface area (Å²) in [5.41, 5.74) is 0.